The summed E-state index contributed by atoms with van der Waals surface area (Å²) in [5.74, 6) is 0. The lowest BCUT2D eigenvalue weighted by atomic mass is 9.59. The summed E-state index contributed by atoms with van der Waals surface area (Å²) in [6, 6.07) is 27.6. The lowest BCUT2D eigenvalue weighted by Crippen LogP contribution is -2.32. The van der Waals surface area contributed by atoms with Crippen molar-refractivity contribution in [3.63, 3.8) is 0 Å². The Morgan fingerprint density at radius 1 is 0.679 bits per heavy atom. The second-order valence-electron chi connectivity index (χ2n) is 6.57. The van der Waals surface area contributed by atoms with Gasteiger partial charge in [-0.1, -0.05) is 143 Å². The van der Waals surface area contributed by atoms with Gasteiger partial charge in [-0.2, -0.15) is 0 Å². The molecule has 3 heteroatoms. The number of benzene rings is 3. The smallest absolute Gasteiger partial charge is 0.0996 e. The Morgan fingerprint density at radius 3 is 1.61 bits per heavy atom. The Balaban J connectivity index is 1.60. The van der Waals surface area contributed by atoms with Gasteiger partial charge in [-0.05, 0) is 6.92 Å². The maximum Gasteiger partial charge on any atom is 0.191 e. The molecule has 3 aromatic carbocycles. The molecule has 0 amide bonds. The van der Waals surface area contributed by atoms with Crippen molar-refractivity contribution in [2.75, 3.05) is 0 Å². The van der Waals surface area contributed by atoms with Crippen LogP contribution in [0.5, 0.6) is 0 Å². The van der Waals surface area contributed by atoms with E-state index in [1.807, 2.05) is 31.2 Å². The molecular weight excluding hydrogens is 333 g/mol. The Labute approximate surface area is 171 Å². The standard InChI is InChI=1S/C25H22B3/c1-3-5-9-20(4-2)26-22-12-14-24(15-13-22)28-25-18-16-23(17-19-25)27-21-10-7-6-8-11-21/h3-19H,2H2,1H3/b5-3-,20-9+. The number of hydrogen-bond donors (Lipinski definition) is 0. The second-order valence-corrected chi connectivity index (χ2v) is 6.57. The highest BCUT2D eigenvalue weighted by molar-refractivity contribution is 6.69. The minimum Gasteiger partial charge on any atom is -0.0996 e. The average molecular weight is 355 g/mol. The monoisotopic (exact) mass is 355 g/mol. The summed E-state index contributed by atoms with van der Waals surface area (Å²) in [6.45, 7) is 5.88. The third kappa shape index (κ3) is 6.06. The Hall–Kier alpha value is -2.93. The average Bonchev–Trinajstić information content (AvgIpc) is 2.74. The van der Waals surface area contributed by atoms with E-state index in [2.05, 4.69) is 107 Å². The summed E-state index contributed by atoms with van der Waals surface area (Å²) in [5, 5.41) is 0. The molecule has 3 radical (unpaired) electrons. The van der Waals surface area contributed by atoms with Crippen LogP contribution in [-0.4, -0.2) is 21.8 Å². The fourth-order valence-corrected chi connectivity index (χ4v) is 2.89. The highest BCUT2D eigenvalue weighted by Crippen LogP contribution is 1.95. The van der Waals surface area contributed by atoms with Crippen molar-refractivity contribution in [1.82, 2.24) is 0 Å². The fraction of sp³-hybridized carbons (Fsp3) is 0.0400. The van der Waals surface area contributed by atoms with Crippen molar-refractivity contribution in [2.45, 2.75) is 6.92 Å². The van der Waals surface area contributed by atoms with Crippen molar-refractivity contribution in [3.05, 3.63) is 115 Å². The van der Waals surface area contributed by atoms with Crippen LogP contribution in [0.4, 0.5) is 0 Å². The van der Waals surface area contributed by atoms with E-state index < -0.39 is 0 Å². The quantitative estimate of drug-likeness (QED) is 0.428. The predicted octanol–water partition coefficient (Wildman–Crippen LogP) is 1.97. The van der Waals surface area contributed by atoms with E-state index in [-0.39, 0.29) is 0 Å². The van der Waals surface area contributed by atoms with Gasteiger partial charge in [0, 0.05) is 0 Å². The zero-order valence-electron chi connectivity index (χ0n) is 16.3. The van der Waals surface area contributed by atoms with E-state index >= 15 is 0 Å². The molecule has 0 aliphatic carbocycles. The molecule has 0 saturated carbocycles. The molecule has 0 spiro atoms. The minimum absolute atomic E-state index is 1.10. The first-order valence-electron chi connectivity index (χ1n) is 9.52. The highest BCUT2D eigenvalue weighted by atomic mass is 13.9. The maximum absolute atomic E-state index is 3.87. The van der Waals surface area contributed by atoms with Crippen molar-refractivity contribution in [3.8, 4) is 0 Å². The van der Waals surface area contributed by atoms with E-state index in [1.54, 1.807) is 0 Å². The molecule has 0 aromatic heterocycles. The largest absolute Gasteiger partial charge is 0.191 e. The predicted molar refractivity (Wildman–Crippen MR) is 128 cm³/mol. The first kappa shape index (κ1) is 19.8. The van der Waals surface area contributed by atoms with Crippen LogP contribution in [0.1, 0.15) is 6.92 Å². The van der Waals surface area contributed by atoms with Gasteiger partial charge < -0.3 is 0 Å². The molecule has 3 aromatic rings. The van der Waals surface area contributed by atoms with Crippen molar-refractivity contribution in [1.29, 1.82) is 0 Å². The van der Waals surface area contributed by atoms with Gasteiger partial charge in [-0.25, -0.2) is 0 Å². The van der Waals surface area contributed by atoms with E-state index in [9.17, 15) is 0 Å². The molecule has 0 heterocycles. The SMILES string of the molecule is C=C/C([B]c1ccc([B]c2ccc([B]c3ccccc3)cc2)cc1)=C\C=C/C. The van der Waals surface area contributed by atoms with Gasteiger partial charge in [0.25, 0.3) is 0 Å². The van der Waals surface area contributed by atoms with Gasteiger partial charge in [0.15, 0.2) is 21.8 Å². The molecule has 0 aliphatic rings. The summed E-state index contributed by atoms with van der Waals surface area (Å²) < 4.78 is 0. The molecule has 0 N–H and O–H groups in total. The van der Waals surface area contributed by atoms with Crippen molar-refractivity contribution >= 4 is 49.2 Å². The molecule has 0 atom stereocenters. The van der Waals surface area contributed by atoms with Crippen LogP contribution in [0, 0.1) is 0 Å². The van der Waals surface area contributed by atoms with Crippen LogP contribution < -0.4 is 27.3 Å². The van der Waals surface area contributed by atoms with Gasteiger partial charge in [-0.15, -0.1) is 0 Å². The third-order valence-electron chi connectivity index (χ3n) is 4.39. The molecule has 0 saturated heterocycles. The van der Waals surface area contributed by atoms with Crippen molar-refractivity contribution in [2.24, 2.45) is 0 Å². The summed E-state index contributed by atoms with van der Waals surface area (Å²) in [6.07, 6.45) is 7.96. The number of allylic oxidation sites excluding steroid dienone is 5. The topological polar surface area (TPSA) is 0 Å². The molecule has 0 aliphatic heterocycles. The van der Waals surface area contributed by atoms with Crippen LogP contribution in [0.25, 0.3) is 0 Å². The van der Waals surface area contributed by atoms with Crippen molar-refractivity contribution < 1.29 is 0 Å². The second kappa shape index (κ2) is 10.4. The van der Waals surface area contributed by atoms with Gasteiger partial charge in [-0.3, -0.25) is 0 Å². The van der Waals surface area contributed by atoms with E-state index in [4.69, 9.17) is 0 Å². The Kier molecular flexibility index (Phi) is 7.38. The Bertz CT molecular complexity index is 937. The molecule has 0 fully saturated rings. The summed E-state index contributed by atoms with van der Waals surface area (Å²) in [7, 11) is 6.51. The molecule has 0 unspecified atom stereocenters. The molecular formula is C25H22B3. The summed E-state index contributed by atoms with van der Waals surface area (Å²) >= 11 is 0. The zero-order valence-corrected chi connectivity index (χ0v) is 16.3. The van der Waals surface area contributed by atoms with Crippen LogP contribution in [-0.2, 0) is 0 Å². The van der Waals surface area contributed by atoms with Crippen LogP contribution in [0.2, 0.25) is 0 Å². The van der Waals surface area contributed by atoms with E-state index in [1.165, 1.54) is 27.3 Å². The number of rotatable bonds is 8. The van der Waals surface area contributed by atoms with Gasteiger partial charge in [0.2, 0.25) is 0 Å². The van der Waals surface area contributed by atoms with Crippen LogP contribution >= 0.6 is 0 Å². The molecule has 0 bridgehead atoms. The normalized spacial score (nSPS) is 11.2. The molecule has 131 valence electrons. The minimum atomic E-state index is 1.10. The molecule has 28 heavy (non-hydrogen) atoms. The maximum atomic E-state index is 3.87. The lowest BCUT2D eigenvalue weighted by molar-refractivity contribution is 1.72. The lowest BCUT2D eigenvalue weighted by Gasteiger charge is -2.05. The zero-order chi connectivity index (χ0) is 19.6. The molecule has 3 rings (SSSR count). The summed E-state index contributed by atoms with van der Waals surface area (Å²) in [4.78, 5) is 0. The summed E-state index contributed by atoms with van der Waals surface area (Å²) in [5.41, 5.74) is 7.07. The highest BCUT2D eigenvalue weighted by Gasteiger charge is 2.03. The van der Waals surface area contributed by atoms with E-state index in [0.29, 0.717) is 0 Å². The van der Waals surface area contributed by atoms with Crippen LogP contribution in [0.3, 0.4) is 0 Å². The van der Waals surface area contributed by atoms with Crippen LogP contribution in [0.15, 0.2) is 115 Å². The van der Waals surface area contributed by atoms with Gasteiger partial charge in [0.05, 0.1) is 0 Å². The fourth-order valence-electron chi connectivity index (χ4n) is 2.89. The third-order valence-corrected chi connectivity index (χ3v) is 4.39. The molecule has 0 nitrogen and oxygen atoms in total. The Morgan fingerprint density at radius 2 is 1.14 bits per heavy atom. The van der Waals surface area contributed by atoms with Gasteiger partial charge in [0.1, 0.15) is 0 Å². The first-order chi connectivity index (χ1) is 13.8. The van der Waals surface area contributed by atoms with E-state index in [0.717, 1.165) is 5.47 Å². The van der Waals surface area contributed by atoms with Gasteiger partial charge >= 0.3 is 0 Å². The first-order valence-corrected chi connectivity index (χ1v) is 9.52. The number of hydrogen-bond acceptors (Lipinski definition) is 0.